The van der Waals surface area contributed by atoms with Crippen molar-refractivity contribution in [2.45, 2.75) is 37.9 Å². The molecule has 0 saturated carbocycles. The third kappa shape index (κ3) is 8.33. The molecule has 32 heavy (non-hydrogen) atoms. The van der Waals surface area contributed by atoms with Gasteiger partial charge in [0.25, 0.3) is 0 Å². The lowest BCUT2D eigenvalue weighted by atomic mass is 10.2. The Bertz CT molecular complexity index is 764. The second-order valence-electron chi connectivity index (χ2n) is 7.57. The van der Waals surface area contributed by atoms with Crippen molar-refractivity contribution in [3.63, 3.8) is 0 Å². The number of hydrogen-bond acceptors (Lipinski definition) is 8. The van der Waals surface area contributed by atoms with Gasteiger partial charge in [0.15, 0.2) is 0 Å². The summed E-state index contributed by atoms with van der Waals surface area (Å²) in [6.07, 6.45) is 4.04. The number of esters is 1. The van der Waals surface area contributed by atoms with Crippen LogP contribution in [0, 0.1) is 0 Å². The number of benzene rings is 1. The number of nitrogens with zero attached hydrogens (tertiary/aromatic N) is 1. The van der Waals surface area contributed by atoms with Crippen LogP contribution in [0.25, 0.3) is 0 Å². The van der Waals surface area contributed by atoms with Crippen LogP contribution in [0.3, 0.4) is 0 Å². The largest absolute Gasteiger partial charge is 0.497 e. The van der Waals surface area contributed by atoms with E-state index < -0.39 is 12.0 Å². The molecule has 1 aliphatic heterocycles. The summed E-state index contributed by atoms with van der Waals surface area (Å²) in [5.41, 5.74) is 6.45. The van der Waals surface area contributed by atoms with Crippen LogP contribution >= 0.6 is 11.8 Å². The molecule has 2 rings (SSSR count). The van der Waals surface area contributed by atoms with Crippen molar-refractivity contribution in [1.29, 1.82) is 0 Å². The Labute approximate surface area is 193 Å². The molecule has 9 nitrogen and oxygen atoms in total. The molecule has 4 N–H and O–H groups in total. The van der Waals surface area contributed by atoms with Crippen molar-refractivity contribution in [2.75, 3.05) is 45.4 Å². The van der Waals surface area contributed by atoms with E-state index in [0.29, 0.717) is 25.3 Å². The summed E-state index contributed by atoms with van der Waals surface area (Å²) in [5.74, 6) is 0.558. The van der Waals surface area contributed by atoms with Crippen LogP contribution in [-0.4, -0.2) is 80.1 Å². The Morgan fingerprint density at radius 1 is 1.34 bits per heavy atom. The monoisotopic (exact) mass is 466 g/mol. The number of carbonyl (C=O) groups excluding carboxylic acids is 3. The second kappa shape index (κ2) is 14.0. The third-order valence-electron chi connectivity index (χ3n) is 5.27. The average molecular weight is 467 g/mol. The van der Waals surface area contributed by atoms with E-state index >= 15 is 0 Å². The number of amides is 2. The van der Waals surface area contributed by atoms with Gasteiger partial charge in [0.1, 0.15) is 18.4 Å². The number of methoxy groups -OCH3 is 1. The van der Waals surface area contributed by atoms with E-state index in [0.717, 1.165) is 24.2 Å². The van der Waals surface area contributed by atoms with Gasteiger partial charge >= 0.3 is 5.97 Å². The highest BCUT2D eigenvalue weighted by Gasteiger charge is 2.30. The Morgan fingerprint density at radius 2 is 2.16 bits per heavy atom. The molecule has 1 heterocycles. The Kier molecular flexibility index (Phi) is 11.3. The van der Waals surface area contributed by atoms with Gasteiger partial charge in [-0.15, -0.1) is 0 Å². The van der Waals surface area contributed by atoms with Gasteiger partial charge in [-0.25, -0.2) is 4.79 Å². The molecule has 0 radical (unpaired) electrons. The maximum atomic E-state index is 12.6. The first-order valence-electron chi connectivity index (χ1n) is 10.8. The summed E-state index contributed by atoms with van der Waals surface area (Å²) in [6.45, 7) is 1.26. The summed E-state index contributed by atoms with van der Waals surface area (Å²) in [7, 11) is 1.61. The number of likely N-dealkylation sites (tertiary alicyclic amines) is 1. The van der Waals surface area contributed by atoms with E-state index in [1.165, 1.54) is 0 Å². The zero-order valence-corrected chi connectivity index (χ0v) is 19.6. The van der Waals surface area contributed by atoms with Gasteiger partial charge < -0.3 is 30.7 Å². The summed E-state index contributed by atoms with van der Waals surface area (Å²) in [4.78, 5) is 38.6. The van der Waals surface area contributed by atoms with Gasteiger partial charge in [-0.3, -0.25) is 9.59 Å². The first-order valence-corrected chi connectivity index (χ1v) is 12.2. The van der Waals surface area contributed by atoms with Crippen molar-refractivity contribution in [3.8, 4) is 5.75 Å². The lowest BCUT2D eigenvalue weighted by molar-refractivity contribution is -0.150. The predicted octanol–water partition coefficient (Wildman–Crippen LogP) is 0.516. The quantitative estimate of drug-likeness (QED) is 0.360. The molecule has 2 amide bonds. The SMILES string of the molecule is COc1cccc(CNCC(=O)NC(CCSC)C(=O)OC[C@@H]2CCCN2C(=O)CN)c1. The highest BCUT2D eigenvalue weighted by atomic mass is 32.2. The lowest BCUT2D eigenvalue weighted by Gasteiger charge is -2.25. The number of nitrogens with two attached hydrogens (primary N) is 1. The molecule has 0 bridgehead atoms. The Balaban J connectivity index is 1.81. The molecule has 178 valence electrons. The molecule has 0 aliphatic carbocycles. The Morgan fingerprint density at radius 3 is 2.88 bits per heavy atom. The summed E-state index contributed by atoms with van der Waals surface area (Å²) in [6, 6.07) is 6.69. The van der Waals surface area contributed by atoms with Gasteiger partial charge in [-0.2, -0.15) is 11.8 Å². The van der Waals surface area contributed by atoms with Crippen LogP contribution in [0.2, 0.25) is 0 Å². The van der Waals surface area contributed by atoms with Gasteiger partial charge in [-0.1, -0.05) is 12.1 Å². The molecule has 10 heteroatoms. The highest BCUT2D eigenvalue weighted by molar-refractivity contribution is 7.98. The fourth-order valence-corrected chi connectivity index (χ4v) is 4.04. The molecule has 1 aromatic rings. The van der Waals surface area contributed by atoms with Gasteiger partial charge in [-0.05, 0) is 49.0 Å². The van der Waals surface area contributed by atoms with Crippen LogP contribution in [0.4, 0.5) is 0 Å². The van der Waals surface area contributed by atoms with Crippen molar-refractivity contribution in [1.82, 2.24) is 15.5 Å². The first kappa shape index (κ1) is 26.0. The molecule has 1 fully saturated rings. The average Bonchev–Trinajstić information content (AvgIpc) is 3.28. The van der Waals surface area contributed by atoms with Crippen LogP contribution in [0.15, 0.2) is 24.3 Å². The minimum Gasteiger partial charge on any atom is -0.497 e. The van der Waals surface area contributed by atoms with E-state index in [-0.39, 0.29) is 37.6 Å². The van der Waals surface area contributed by atoms with E-state index in [9.17, 15) is 14.4 Å². The maximum absolute atomic E-state index is 12.6. The van der Waals surface area contributed by atoms with Gasteiger partial charge in [0.05, 0.1) is 26.2 Å². The summed E-state index contributed by atoms with van der Waals surface area (Å²) < 4.78 is 10.7. The number of carbonyl (C=O) groups is 3. The molecule has 0 aromatic heterocycles. The van der Waals surface area contributed by atoms with Crippen molar-refractivity contribution in [2.24, 2.45) is 5.73 Å². The standard InChI is InChI=1S/C22H34N4O5S/c1-30-18-7-3-5-16(11-18)13-24-14-20(27)25-19(8-10-32-2)22(29)31-15-17-6-4-9-26(17)21(28)12-23/h3,5,7,11,17,19,24H,4,6,8-10,12-15,23H2,1-2H3,(H,25,27)/t17-,19?/m0/s1. The normalized spacial score (nSPS) is 16.5. The summed E-state index contributed by atoms with van der Waals surface area (Å²) >= 11 is 1.59. The smallest absolute Gasteiger partial charge is 0.328 e. The van der Waals surface area contributed by atoms with E-state index in [2.05, 4.69) is 10.6 Å². The Hall–Kier alpha value is -2.30. The molecular formula is C22H34N4O5S. The minimum absolute atomic E-state index is 0.0559. The number of rotatable bonds is 13. The van der Waals surface area contributed by atoms with E-state index in [4.69, 9.17) is 15.2 Å². The first-order chi connectivity index (χ1) is 15.5. The van der Waals surface area contributed by atoms with Crippen molar-refractivity contribution in [3.05, 3.63) is 29.8 Å². The predicted molar refractivity (Wildman–Crippen MR) is 124 cm³/mol. The molecule has 0 spiro atoms. The second-order valence-corrected chi connectivity index (χ2v) is 8.56. The fraction of sp³-hybridized carbons (Fsp3) is 0.591. The zero-order chi connectivity index (χ0) is 23.3. The zero-order valence-electron chi connectivity index (χ0n) is 18.8. The van der Waals surface area contributed by atoms with Gasteiger partial charge in [0, 0.05) is 13.1 Å². The molecule has 1 unspecified atom stereocenters. The topological polar surface area (TPSA) is 123 Å². The molecule has 1 aromatic carbocycles. The molecular weight excluding hydrogens is 432 g/mol. The third-order valence-corrected chi connectivity index (χ3v) is 5.91. The number of nitrogens with one attached hydrogen (secondary N) is 2. The van der Waals surface area contributed by atoms with Crippen molar-refractivity contribution >= 4 is 29.5 Å². The fourth-order valence-electron chi connectivity index (χ4n) is 3.57. The highest BCUT2D eigenvalue weighted by Crippen LogP contribution is 2.18. The number of hydrogen-bond donors (Lipinski definition) is 3. The van der Waals surface area contributed by atoms with Gasteiger partial charge in [0.2, 0.25) is 11.8 Å². The van der Waals surface area contributed by atoms with Crippen LogP contribution in [0.5, 0.6) is 5.75 Å². The molecule has 1 aliphatic rings. The van der Waals surface area contributed by atoms with E-state index in [1.807, 2.05) is 30.5 Å². The molecule has 2 atom stereocenters. The van der Waals surface area contributed by atoms with Crippen LogP contribution in [-0.2, 0) is 25.7 Å². The number of thioether (sulfide) groups is 1. The number of ether oxygens (including phenoxy) is 2. The summed E-state index contributed by atoms with van der Waals surface area (Å²) in [5, 5.41) is 5.84. The van der Waals surface area contributed by atoms with Crippen LogP contribution in [0.1, 0.15) is 24.8 Å². The maximum Gasteiger partial charge on any atom is 0.328 e. The van der Waals surface area contributed by atoms with Crippen LogP contribution < -0.4 is 21.1 Å². The molecule has 1 saturated heterocycles. The lowest BCUT2D eigenvalue weighted by Crippen LogP contribution is -2.47. The minimum atomic E-state index is -0.728. The van der Waals surface area contributed by atoms with Crippen molar-refractivity contribution < 1.29 is 23.9 Å². The van der Waals surface area contributed by atoms with E-state index in [1.54, 1.807) is 23.8 Å².